The van der Waals surface area contributed by atoms with Crippen LogP contribution in [0, 0.1) is 22.7 Å². The van der Waals surface area contributed by atoms with E-state index in [2.05, 4.69) is 61.3 Å². The van der Waals surface area contributed by atoms with E-state index in [0.717, 1.165) is 57.3 Å². The monoisotopic (exact) mass is 567 g/mol. The number of nitrogens with zero attached hydrogens (tertiary/aromatic N) is 7. The molecule has 0 aliphatic carbocycles. The van der Waals surface area contributed by atoms with Crippen LogP contribution < -0.4 is 4.90 Å². The highest BCUT2D eigenvalue weighted by molar-refractivity contribution is 7.99. The van der Waals surface area contributed by atoms with Gasteiger partial charge in [-0.25, -0.2) is 0 Å². The molecule has 2 aliphatic heterocycles. The number of para-hydroxylation sites is 1. The number of hydrogen-bond donors (Lipinski definition) is 1. The zero-order chi connectivity index (χ0) is 28.5. The highest BCUT2D eigenvalue weighted by atomic mass is 35.5. The molecule has 0 radical (unpaired) electrons. The molecular formula is C29H38ClN7OS. The number of halogens is 1. The van der Waals surface area contributed by atoms with Gasteiger partial charge < -0.3 is 14.9 Å². The van der Waals surface area contributed by atoms with Crippen LogP contribution in [0.25, 0.3) is 0 Å². The molecule has 0 aromatic heterocycles. The number of benzene rings is 2. The Bertz CT molecular complexity index is 1180. The van der Waals surface area contributed by atoms with Gasteiger partial charge in [-0.15, -0.1) is 0 Å². The minimum Gasteiger partial charge on any atom is -0.395 e. The molecule has 10 heteroatoms. The molecule has 4 rings (SSSR count). The summed E-state index contributed by atoms with van der Waals surface area (Å²) in [4.78, 5) is 9.89. The van der Waals surface area contributed by atoms with Gasteiger partial charge >= 0.3 is 0 Å². The van der Waals surface area contributed by atoms with Gasteiger partial charge in [-0.2, -0.15) is 20.8 Å². The fourth-order valence-electron chi connectivity index (χ4n) is 4.17. The average molecular weight is 568 g/mol. The van der Waals surface area contributed by atoms with Gasteiger partial charge in [0.2, 0.25) is 0 Å². The van der Waals surface area contributed by atoms with Crippen molar-refractivity contribution in [2.45, 2.75) is 55.0 Å². The lowest BCUT2D eigenvalue weighted by Crippen LogP contribution is -2.47. The van der Waals surface area contributed by atoms with Crippen LogP contribution in [0.3, 0.4) is 0 Å². The molecule has 1 fully saturated rings. The Balaban J connectivity index is 0.000000298. The van der Waals surface area contributed by atoms with Crippen LogP contribution in [-0.2, 0) is 0 Å². The molecule has 0 saturated carbocycles. The van der Waals surface area contributed by atoms with Crippen LogP contribution in [-0.4, -0.2) is 78.4 Å². The number of aliphatic hydroxyl groups excluding tert-OH is 1. The summed E-state index contributed by atoms with van der Waals surface area (Å²) in [5, 5.41) is 34.5. The Labute approximate surface area is 241 Å². The number of azo groups is 1. The number of rotatable bonds is 8. The van der Waals surface area contributed by atoms with Crippen LogP contribution in [0.2, 0.25) is 5.02 Å². The van der Waals surface area contributed by atoms with E-state index in [1.54, 1.807) is 27.7 Å². The summed E-state index contributed by atoms with van der Waals surface area (Å²) in [5.41, 5.74) is 0.825. The van der Waals surface area contributed by atoms with E-state index in [4.69, 9.17) is 27.2 Å². The van der Waals surface area contributed by atoms with Crippen LogP contribution in [0.5, 0.6) is 0 Å². The number of nitriles is 2. The summed E-state index contributed by atoms with van der Waals surface area (Å²) in [6.45, 7) is 14.0. The lowest BCUT2D eigenvalue weighted by molar-refractivity contribution is 0.112. The van der Waals surface area contributed by atoms with Crippen LogP contribution >= 0.6 is 23.4 Å². The van der Waals surface area contributed by atoms with Crippen molar-refractivity contribution in [1.29, 1.82) is 10.5 Å². The Hall–Kier alpha value is -2.66. The summed E-state index contributed by atoms with van der Waals surface area (Å²) in [6, 6.07) is 18.8. The SMILES string of the molecule is CC(C)(C#N)/N=N/C(C)(C)C#N.OCCN1CCN(CCCN2c3ccccc3Sc3ccc(Cl)cc32)CC1. The highest BCUT2D eigenvalue weighted by Crippen LogP contribution is 2.48. The van der Waals surface area contributed by atoms with E-state index in [1.807, 2.05) is 30.0 Å². The van der Waals surface area contributed by atoms with Gasteiger partial charge in [-0.05, 0) is 71.0 Å². The van der Waals surface area contributed by atoms with Crippen molar-refractivity contribution >= 4 is 34.7 Å². The van der Waals surface area contributed by atoms with Gasteiger partial charge in [-0.3, -0.25) is 4.90 Å². The molecular weight excluding hydrogens is 530 g/mol. The van der Waals surface area contributed by atoms with E-state index < -0.39 is 11.1 Å². The second-order valence-electron chi connectivity index (χ2n) is 10.6. The third kappa shape index (κ3) is 9.20. The van der Waals surface area contributed by atoms with E-state index in [0.29, 0.717) is 0 Å². The summed E-state index contributed by atoms with van der Waals surface area (Å²) >= 11 is 8.12. The Morgan fingerprint density at radius 1 is 0.846 bits per heavy atom. The van der Waals surface area contributed by atoms with Crippen molar-refractivity contribution in [1.82, 2.24) is 9.80 Å². The fraction of sp³-hybridized carbons (Fsp3) is 0.517. The first-order chi connectivity index (χ1) is 18.6. The molecule has 2 aromatic rings. The number of fused-ring (bicyclic) bond motifs is 2. The van der Waals surface area contributed by atoms with Gasteiger partial charge in [0.1, 0.15) is 0 Å². The number of anilines is 2. The first-order valence-electron chi connectivity index (χ1n) is 13.2. The maximum absolute atomic E-state index is 9.08. The maximum atomic E-state index is 9.08. The summed E-state index contributed by atoms with van der Waals surface area (Å²) in [6.07, 6.45) is 1.12. The average Bonchev–Trinajstić information content (AvgIpc) is 2.93. The summed E-state index contributed by atoms with van der Waals surface area (Å²) < 4.78 is 0. The van der Waals surface area contributed by atoms with Crippen molar-refractivity contribution in [3.8, 4) is 12.1 Å². The predicted octanol–water partition coefficient (Wildman–Crippen LogP) is 5.99. The molecule has 0 unspecified atom stereocenters. The lowest BCUT2D eigenvalue weighted by Gasteiger charge is -2.36. The molecule has 0 atom stereocenters. The quantitative estimate of drug-likeness (QED) is 0.391. The third-order valence-corrected chi connectivity index (χ3v) is 7.79. The fourth-order valence-corrected chi connectivity index (χ4v) is 5.41. The molecule has 2 aliphatic rings. The number of aliphatic hydroxyl groups is 1. The summed E-state index contributed by atoms with van der Waals surface area (Å²) in [7, 11) is 0. The van der Waals surface area contributed by atoms with Crippen molar-refractivity contribution in [2.75, 3.05) is 57.3 Å². The van der Waals surface area contributed by atoms with Gasteiger partial charge in [0.25, 0.3) is 0 Å². The number of hydrogen-bond acceptors (Lipinski definition) is 9. The standard InChI is InChI=1S/C21H26ClN3OS.C8H12N4/c22-17-6-7-21-19(16-17)25(18-4-1-2-5-20(18)27-21)9-3-8-23-10-12-24(13-11-23)14-15-26;1-7(2,5-9)11-12-8(3,4)6-10/h1-2,4-7,16,26H,3,8-15H2;1-4H3/b;12-11+. The van der Waals surface area contributed by atoms with Crippen LogP contribution in [0.15, 0.2) is 62.5 Å². The molecule has 208 valence electrons. The molecule has 2 heterocycles. The Morgan fingerprint density at radius 3 is 2.00 bits per heavy atom. The topological polar surface area (TPSA) is 102 Å². The number of piperazine rings is 1. The summed E-state index contributed by atoms with van der Waals surface area (Å²) in [5.74, 6) is 0. The Morgan fingerprint density at radius 2 is 1.41 bits per heavy atom. The van der Waals surface area contributed by atoms with Gasteiger partial charge in [0.15, 0.2) is 11.1 Å². The lowest BCUT2D eigenvalue weighted by atomic mass is 10.1. The number of β-amino-alcohol motifs (C(OH)–C–C–N with tert-alkyl or cyclic N) is 1. The van der Waals surface area contributed by atoms with Gasteiger partial charge in [-0.1, -0.05) is 35.5 Å². The van der Waals surface area contributed by atoms with E-state index in [-0.39, 0.29) is 6.61 Å². The van der Waals surface area contributed by atoms with E-state index >= 15 is 0 Å². The van der Waals surface area contributed by atoms with Crippen molar-refractivity contribution in [3.63, 3.8) is 0 Å². The predicted molar refractivity (Wildman–Crippen MR) is 158 cm³/mol. The molecule has 1 saturated heterocycles. The normalized spacial score (nSPS) is 16.1. The van der Waals surface area contributed by atoms with Gasteiger partial charge in [0, 0.05) is 54.1 Å². The highest BCUT2D eigenvalue weighted by Gasteiger charge is 2.24. The molecule has 8 nitrogen and oxygen atoms in total. The molecule has 1 N–H and O–H groups in total. The second kappa shape index (κ2) is 14.1. The maximum Gasteiger partial charge on any atom is 0.162 e. The van der Waals surface area contributed by atoms with E-state index in [1.165, 1.54) is 21.2 Å². The molecule has 0 spiro atoms. The molecule has 0 bridgehead atoms. The van der Waals surface area contributed by atoms with Crippen LogP contribution in [0.4, 0.5) is 11.4 Å². The van der Waals surface area contributed by atoms with Crippen molar-refractivity contribution in [2.24, 2.45) is 10.2 Å². The van der Waals surface area contributed by atoms with Crippen molar-refractivity contribution in [3.05, 3.63) is 47.5 Å². The van der Waals surface area contributed by atoms with Crippen LogP contribution in [0.1, 0.15) is 34.1 Å². The molecule has 39 heavy (non-hydrogen) atoms. The Kier molecular flexibility index (Phi) is 11.2. The largest absolute Gasteiger partial charge is 0.395 e. The zero-order valence-electron chi connectivity index (χ0n) is 23.3. The van der Waals surface area contributed by atoms with Gasteiger partial charge in [0.05, 0.1) is 30.1 Å². The van der Waals surface area contributed by atoms with E-state index in [9.17, 15) is 0 Å². The second-order valence-corrected chi connectivity index (χ2v) is 12.2. The third-order valence-electron chi connectivity index (χ3n) is 6.42. The first kappa shape index (κ1) is 30.9. The molecule has 0 amide bonds. The minimum atomic E-state index is -0.839. The first-order valence-corrected chi connectivity index (χ1v) is 14.4. The zero-order valence-corrected chi connectivity index (χ0v) is 24.8. The minimum absolute atomic E-state index is 0.258. The van der Waals surface area contributed by atoms with Crippen molar-refractivity contribution < 1.29 is 5.11 Å². The molecule has 2 aromatic carbocycles. The smallest absolute Gasteiger partial charge is 0.162 e.